The average molecular weight is 391 g/mol. The molecule has 0 saturated heterocycles. The van der Waals surface area contributed by atoms with Gasteiger partial charge in [-0.05, 0) is 49.0 Å². The Morgan fingerprint density at radius 1 is 1.38 bits per heavy atom. The van der Waals surface area contributed by atoms with E-state index in [2.05, 4.69) is 9.69 Å². The molecule has 1 fully saturated rings. The molecule has 1 saturated carbocycles. The molecular weight excluding hydrogens is 376 g/mol. The Labute approximate surface area is 157 Å². The van der Waals surface area contributed by atoms with Crippen LogP contribution in [-0.4, -0.2) is 19.4 Å². The summed E-state index contributed by atoms with van der Waals surface area (Å²) in [6.45, 7) is 1.68. The second-order valence-corrected chi connectivity index (χ2v) is 7.39. The number of aryl methyl sites for hydroxylation is 1. The van der Waals surface area contributed by atoms with E-state index in [4.69, 9.17) is 11.6 Å². The van der Waals surface area contributed by atoms with E-state index in [1.165, 1.54) is 9.13 Å². The van der Waals surface area contributed by atoms with Gasteiger partial charge in [0.25, 0.3) is 5.56 Å². The third-order valence-electron chi connectivity index (χ3n) is 4.31. The standard InChI is InChI=1S/C17H15ClN4O3S/c1-9-2-5-12(11(18)6-9)19-14(23)7-21-13-8-26-20-15(13)16(24)22(17(21)25)10-3-4-10/h2,5-6,8,10H,3-4,7H2,1H3,(H,19,23). The smallest absolute Gasteiger partial charge is 0.323 e. The van der Waals surface area contributed by atoms with Gasteiger partial charge in [0.1, 0.15) is 6.54 Å². The van der Waals surface area contributed by atoms with Crippen molar-refractivity contribution in [1.29, 1.82) is 0 Å². The highest BCUT2D eigenvalue weighted by molar-refractivity contribution is 7.04. The average Bonchev–Trinajstić information content (AvgIpc) is 3.29. The number of nitrogens with one attached hydrogen (secondary N) is 1. The Balaban J connectivity index is 1.71. The van der Waals surface area contributed by atoms with Crippen molar-refractivity contribution in [2.24, 2.45) is 0 Å². The summed E-state index contributed by atoms with van der Waals surface area (Å²) in [4.78, 5) is 37.7. The van der Waals surface area contributed by atoms with Crippen LogP contribution in [0.4, 0.5) is 5.69 Å². The molecule has 0 bridgehead atoms. The Kier molecular flexibility index (Phi) is 4.16. The van der Waals surface area contributed by atoms with Crippen molar-refractivity contribution in [1.82, 2.24) is 13.5 Å². The van der Waals surface area contributed by atoms with Crippen molar-refractivity contribution in [2.45, 2.75) is 32.4 Å². The van der Waals surface area contributed by atoms with Gasteiger partial charge in [-0.1, -0.05) is 17.7 Å². The topological polar surface area (TPSA) is 86.0 Å². The zero-order valence-corrected chi connectivity index (χ0v) is 15.4. The molecule has 134 valence electrons. The van der Waals surface area contributed by atoms with Crippen LogP contribution in [-0.2, 0) is 11.3 Å². The maximum absolute atomic E-state index is 12.8. The highest BCUT2D eigenvalue weighted by atomic mass is 35.5. The SMILES string of the molecule is Cc1ccc(NC(=O)Cn2c(=O)n(C3CC3)c(=O)c3nscc32)c(Cl)c1. The van der Waals surface area contributed by atoms with Crippen LogP contribution in [0.25, 0.3) is 11.0 Å². The van der Waals surface area contributed by atoms with E-state index >= 15 is 0 Å². The van der Waals surface area contributed by atoms with Gasteiger partial charge in [0.2, 0.25) is 5.91 Å². The summed E-state index contributed by atoms with van der Waals surface area (Å²) in [5.41, 5.74) is 1.20. The number of hydrogen-bond acceptors (Lipinski definition) is 5. The highest BCUT2D eigenvalue weighted by Gasteiger charge is 2.29. The van der Waals surface area contributed by atoms with Crippen molar-refractivity contribution in [2.75, 3.05) is 5.32 Å². The number of halogens is 1. The van der Waals surface area contributed by atoms with Gasteiger partial charge in [-0.2, -0.15) is 4.37 Å². The first kappa shape index (κ1) is 17.0. The Hall–Kier alpha value is -2.45. The Bertz CT molecular complexity index is 1140. The van der Waals surface area contributed by atoms with Crippen molar-refractivity contribution in [3.63, 3.8) is 0 Å². The summed E-state index contributed by atoms with van der Waals surface area (Å²) in [5.74, 6) is -0.397. The quantitative estimate of drug-likeness (QED) is 0.741. The largest absolute Gasteiger partial charge is 0.332 e. The number of rotatable bonds is 4. The van der Waals surface area contributed by atoms with Gasteiger partial charge in [-0.3, -0.25) is 18.7 Å². The maximum atomic E-state index is 12.8. The molecule has 1 N–H and O–H groups in total. The fourth-order valence-electron chi connectivity index (χ4n) is 2.87. The number of anilines is 1. The lowest BCUT2D eigenvalue weighted by Crippen LogP contribution is -2.41. The minimum absolute atomic E-state index is 0.0954. The van der Waals surface area contributed by atoms with Gasteiger partial charge in [-0.15, -0.1) is 0 Å². The van der Waals surface area contributed by atoms with Crippen LogP contribution in [0.5, 0.6) is 0 Å². The highest BCUT2D eigenvalue weighted by Crippen LogP contribution is 2.32. The molecule has 2 aromatic heterocycles. The zero-order chi connectivity index (χ0) is 18.4. The summed E-state index contributed by atoms with van der Waals surface area (Å²) in [6.07, 6.45) is 1.58. The lowest BCUT2D eigenvalue weighted by atomic mass is 10.2. The number of amides is 1. The predicted molar refractivity (Wildman–Crippen MR) is 101 cm³/mol. The van der Waals surface area contributed by atoms with Gasteiger partial charge in [0.05, 0.1) is 16.2 Å². The van der Waals surface area contributed by atoms with Crippen LogP contribution in [0, 0.1) is 6.92 Å². The molecule has 9 heteroatoms. The first-order valence-electron chi connectivity index (χ1n) is 8.11. The molecule has 0 unspecified atom stereocenters. The third kappa shape index (κ3) is 2.95. The minimum atomic E-state index is -0.477. The summed E-state index contributed by atoms with van der Waals surface area (Å²) >= 11 is 7.23. The van der Waals surface area contributed by atoms with E-state index < -0.39 is 11.6 Å². The summed E-state index contributed by atoms with van der Waals surface area (Å²) in [5, 5.41) is 4.75. The maximum Gasteiger partial charge on any atom is 0.332 e. The van der Waals surface area contributed by atoms with E-state index in [0.717, 1.165) is 29.9 Å². The Morgan fingerprint density at radius 3 is 2.85 bits per heavy atom. The summed E-state index contributed by atoms with van der Waals surface area (Å²) < 4.78 is 6.62. The second kappa shape index (κ2) is 6.37. The molecule has 0 spiro atoms. The fraction of sp³-hybridized carbons (Fsp3) is 0.294. The monoisotopic (exact) mass is 390 g/mol. The van der Waals surface area contributed by atoms with Gasteiger partial charge in [0.15, 0.2) is 5.52 Å². The van der Waals surface area contributed by atoms with Gasteiger partial charge < -0.3 is 5.32 Å². The molecule has 7 nitrogen and oxygen atoms in total. The van der Waals surface area contributed by atoms with Crippen LogP contribution >= 0.6 is 23.1 Å². The van der Waals surface area contributed by atoms with Gasteiger partial charge in [-0.25, -0.2) is 4.79 Å². The first-order chi connectivity index (χ1) is 12.5. The van der Waals surface area contributed by atoms with E-state index in [1.807, 2.05) is 13.0 Å². The third-order valence-corrected chi connectivity index (χ3v) is 5.24. The fourth-order valence-corrected chi connectivity index (χ4v) is 3.82. The van der Waals surface area contributed by atoms with E-state index in [0.29, 0.717) is 16.2 Å². The van der Waals surface area contributed by atoms with Gasteiger partial charge in [0, 0.05) is 11.4 Å². The minimum Gasteiger partial charge on any atom is -0.323 e. The Morgan fingerprint density at radius 2 is 2.15 bits per heavy atom. The summed E-state index contributed by atoms with van der Waals surface area (Å²) in [6, 6.07) is 5.20. The molecule has 1 aromatic carbocycles. The molecule has 1 aliphatic rings. The number of aromatic nitrogens is 3. The molecule has 1 amide bonds. The lowest BCUT2D eigenvalue weighted by molar-refractivity contribution is -0.116. The number of fused-ring (bicyclic) bond motifs is 1. The van der Waals surface area contributed by atoms with Gasteiger partial charge >= 0.3 is 5.69 Å². The van der Waals surface area contributed by atoms with Crippen LogP contribution in [0.15, 0.2) is 33.2 Å². The molecule has 0 radical (unpaired) electrons. The van der Waals surface area contributed by atoms with Crippen molar-refractivity contribution >= 4 is 45.8 Å². The molecule has 0 aliphatic heterocycles. The van der Waals surface area contributed by atoms with Crippen LogP contribution < -0.4 is 16.6 Å². The van der Waals surface area contributed by atoms with E-state index in [-0.39, 0.29) is 23.7 Å². The lowest BCUT2D eigenvalue weighted by Gasteiger charge is -2.12. The van der Waals surface area contributed by atoms with Crippen LogP contribution in [0.2, 0.25) is 5.02 Å². The van der Waals surface area contributed by atoms with E-state index in [1.54, 1.807) is 17.5 Å². The van der Waals surface area contributed by atoms with Crippen molar-refractivity contribution in [3.8, 4) is 0 Å². The van der Waals surface area contributed by atoms with Crippen molar-refractivity contribution in [3.05, 3.63) is 55.0 Å². The molecule has 3 aromatic rings. The normalized spacial score (nSPS) is 13.9. The first-order valence-corrected chi connectivity index (χ1v) is 9.32. The number of carbonyl (C=O) groups excluding carboxylic acids is 1. The number of carbonyl (C=O) groups is 1. The van der Waals surface area contributed by atoms with E-state index in [9.17, 15) is 14.4 Å². The summed E-state index contributed by atoms with van der Waals surface area (Å²) in [7, 11) is 0. The molecular formula is C17H15ClN4O3S. The molecule has 0 atom stereocenters. The number of benzene rings is 1. The molecule has 2 heterocycles. The molecule has 4 rings (SSSR count). The van der Waals surface area contributed by atoms with Crippen molar-refractivity contribution < 1.29 is 4.79 Å². The van der Waals surface area contributed by atoms with Crippen LogP contribution in [0.1, 0.15) is 24.4 Å². The molecule has 26 heavy (non-hydrogen) atoms. The second-order valence-electron chi connectivity index (χ2n) is 6.35. The zero-order valence-electron chi connectivity index (χ0n) is 13.9. The van der Waals surface area contributed by atoms with Crippen LogP contribution in [0.3, 0.4) is 0 Å². The number of nitrogens with zero attached hydrogens (tertiary/aromatic N) is 3. The predicted octanol–water partition coefficient (Wildman–Crippen LogP) is 2.56. The molecule has 1 aliphatic carbocycles. The number of hydrogen-bond donors (Lipinski definition) is 1.